The Morgan fingerprint density at radius 3 is 1.10 bits per heavy atom. The maximum Gasteiger partial charge on any atom is 0.340 e. The van der Waals surface area contributed by atoms with Crippen molar-refractivity contribution in [3.63, 3.8) is 0 Å². The first-order valence-electron chi connectivity index (χ1n) is 48.4. The van der Waals surface area contributed by atoms with Crippen molar-refractivity contribution in [2.75, 3.05) is 144 Å². The number of phenolic OH excluding ortho intramolecular Hbond substituents is 2. The maximum atomic E-state index is 15.2. The van der Waals surface area contributed by atoms with Crippen LogP contribution < -0.4 is 53.0 Å². The third kappa shape index (κ3) is 26.9. The van der Waals surface area contributed by atoms with E-state index in [0.717, 1.165) is 36.0 Å². The first kappa shape index (κ1) is 100.0. The summed E-state index contributed by atoms with van der Waals surface area (Å²) in [6, 6.07) is 38.4. The summed E-state index contributed by atoms with van der Waals surface area (Å²) in [6.07, 6.45) is 6.63. The Morgan fingerprint density at radius 1 is 0.393 bits per heavy atom. The lowest BCUT2D eigenvalue weighted by atomic mass is 9.77. The van der Waals surface area contributed by atoms with Gasteiger partial charge in [0.25, 0.3) is 5.91 Å². The topological polar surface area (TPSA) is 408 Å². The molecule has 8 aliphatic heterocycles. The molecule has 6 aromatic rings. The largest absolute Gasteiger partial charge is 0.508 e. The third-order valence-corrected chi connectivity index (χ3v) is 27.2. The average molecular weight is 1860 g/mol. The Hall–Kier alpha value is -11.0. The van der Waals surface area contributed by atoms with Crippen LogP contribution in [0.1, 0.15) is 153 Å². The number of hydrogen-bond acceptors (Lipinski definition) is 24. The van der Waals surface area contributed by atoms with E-state index < -0.39 is 71.7 Å². The number of benzene rings is 6. The van der Waals surface area contributed by atoms with Crippen LogP contribution in [0.3, 0.4) is 0 Å². The Bertz CT molecular complexity index is 4980. The highest BCUT2D eigenvalue weighted by Gasteiger charge is 2.55. The van der Waals surface area contributed by atoms with E-state index in [-0.39, 0.29) is 166 Å². The van der Waals surface area contributed by atoms with Gasteiger partial charge in [-0.05, 0) is 168 Å². The Kier molecular flexibility index (Phi) is 35.3. The summed E-state index contributed by atoms with van der Waals surface area (Å²) in [7, 11) is 0. The second kappa shape index (κ2) is 47.7. The van der Waals surface area contributed by atoms with Gasteiger partial charge in [-0.15, -0.1) is 0 Å². The number of nitrogens with zero attached hydrogens (tertiary/aromatic N) is 6. The summed E-state index contributed by atoms with van der Waals surface area (Å²) < 4.78 is 34.1. The molecule has 33 heteroatoms. The van der Waals surface area contributed by atoms with Crippen molar-refractivity contribution >= 4 is 59.1 Å². The summed E-state index contributed by atoms with van der Waals surface area (Å²) in [6.45, 7) is 20.5. The highest BCUT2D eigenvalue weighted by Crippen LogP contribution is 2.57. The number of ether oxygens (including phenoxy) is 6. The molecule has 728 valence electrons. The average Bonchev–Trinajstić information content (AvgIpc) is 1.56. The number of fused-ring (bicyclic) bond motifs is 6. The molecule has 33 nitrogen and oxygen atoms in total. The second-order valence-electron chi connectivity index (χ2n) is 38.7. The molecule has 8 heterocycles. The molecule has 12 N–H and O–H groups in total. The molecule has 6 fully saturated rings. The van der Waals surface area contributed by atoms with Gasteiger partial charge in [0.15, 0.2) is 5.60 Å². The fourth-order valence-corrected chi connectivity index (χ4v) is 20.2. The molecule has 0 aliphatic carbocycles. The van der Waals surface area contributed by atoms with E-state index in [1.807, 2.05) is 54.6 Å². The number of phenols is 2. The normalized spacial score (nSPS) is 23.3. The van der Waals surface area contributed by atoms with Crippen molar-refractivity contribution in [2.45, 2.75) is 197 Å². The number of amides is 9. The van der Waals surface area contributed by atoms with E-state index in [1.165, 1.54) is 30.3 Å². The first-order chi connectivity index (χ1) is 65.2. The van der Waals surface area contributed by atoms with Crippen LogP contribution in [0.25, 0.3) is 0 Å². The fraction of sp³-hybridized carbons (Fsp3) is 0.549. The number of carbonyl (C=O) groups excluding carboxylic acids is 10. The first-order valence-corrected chi connectivity index (χ1v) is 48.4. The van der Waals surface area contributed by atoms with E-state index in [0.29, 0.717) is 171 Å². The fourth-order valence-electron chi connectivity index (χ4n) is 20.2. The molecule has 6 aromatic carbocycles. The Labute approximate surface area is 791 Å². The van der Waals surface area contributed by atoms with Crippen LogP contribution in [-0.2, 0) is 86.9 Å². The van der Waals surface area contributed by atoms with Gasteiger partial charge >= 0.3 is 5.97 Å². The number of hydrogen-bond donors (Lipinski definition) is 11. The summed E-state index contributed by atoms with van der Waals surface area (Å²) in [5.41, 5.74) is 8.66. The molecule has 12 atom stereocenters. The summed E-state index contributed by atoms with van der Waals surface area (Å²) in [5.74, 6) is -1.68. The van der Waals surface area contributed by atoms with Crippen LogP contribution in [-0.4, -0.2) is 316 Å². The van der Waals surface area contributed by atoms with Crippen LogP contribution in [0.4, 0.5) is 0 Å². The molecule has 8 aliphatic rings. The summed E-state index contributed by atoms with van der Waals surface area (Å²) in [5, 5.41) is 47.0. The number of carbonyl (C=O) groups is 10. The number of rotatable bonds is 47. The van der Waals surface area contributed by atoms with Gasteiger partial charge in [-0.25, -0.2) is 4.79 Å². The van der Waals surface area contributed by atoms with Crippen molar-refractivity contribution < 1.29 is 86.6 Å². The molecule has 9 amide bonds. The lowest BCUT2D eigenvalue weighted by Gasteiger charge is -2.36. The molecule has 135 heavy (non-hydrogen) atoms. The van der Waals surface area contributed by atoms with E-state index in [1.54, 1.807) is 24.3 Å². The monoisotopic (exact) mass is 1860 g/mol. The number of nitrogens with one attached hydrogen (secondary N) is 8. The SMILES string of the molecule is CC(C)CCN1C[C@@H](NC(=O)c2ccc3c(c2)C(=O)OC32c3ccc(O)cc3Oc3cc(O)ccc32)C[C@H]1C(=O)N[C@H]1C[C@@H](C(=O)N[C@H]2C[C@@H](C(=O)N[C@H]3C[C@@H](C(=O)N[C@H]4C[C@@H](C(=O)N[C@H]5C[C@@H](C(=O)NCCOCCOCC(=O)NCCOCCOCC(N)=O)N(CCc6ccccc6)C5)N(CCC(C)C)C4)N(CCc4ccccc4)C3)N(CCC(C)C)C2)N(CCc2ccccc2)C1. The highest BCUT2D eigenvalue weighted by atomic mass is 16.6. The smallest absolute Gasteiger partial charge is 0.340 e. The van der Waals surface area contributed by atoms with Gasteiger partial charge in [0.2, 0.25) is 47.3 Å². The lowest BCUT2D eigenvalue weighted by molar-refractivity contribution is -0.127. The van der Waals surface area contributed by atoms with Crippen LogP contribution in [0.5, 0.6) is 23.0 Å². The van der Waals surface area contributed by atoms with Gasteiger partial charge in [0.1, 0.15) is 36.2 Å². The van der Waals surface area contributed by atoms with E-state index >= 15 is 19.2 Å². The van der Waals surface area contributed by atoms with Crippen molar-refractivity contribution in [2.24, 2.45) is 23.5 Å². The van der Waals surface area contributed by atoms with Crippen molar-refractivity contribution in [1.29, 1.82) is 0 Å². The van der Waals surface area contributed by atoms with E-state index in [2.05, 4.69) is 150 Å². The maximum absolute atomic E-state index is 15.2. The molecule has 0 unspecified atom stereocenters. The quantitative estimate of drug-likeness (QED) is 0.0171. The van der Waals surface area contributed by atoms with E-state index in [4.69, 9.17) is 34.2 Å². The van der Waals surface area contributed by atoms with Gasteiger partial charge in [-0.1, -0.05) is 139 Å². The lowest BCUT2D eigenvalue weighted by Crippen LogP contribution is -2.48. The Morgan fingerprint density at radius 2 is 0.726 bits per heavy atom. The molecule has 0 aromatic heterocycles. The predicted molar refractivity (Wildman–Crippen MR) is 506 cm³/mol. The zero-order valence-corrected chi connectivity index (χ0v) is 78.7. The minimum atomic E-state index is -1.51. The zero-order chi connectivity index (χ0) is 95.2. The molecular weight excluding hydrogens is 1720 g/mol. The van der Waals surface area contributed by atoms with Gasteiger partial charge < -0.3 is 86.9 Å². The number of primary amides is 1. The molecule has 14 rings (SSSR count). The minimum absolute atomic E-state index is 0.0722. The number of likely N-dealkylation sites (tertiary alicyclic amines) is 6. The second-order valence-corrected chi connectivity index (χ2v) is 38.7. The minimum Gasteiger partial charge on any atom is -0.508 e. The van der Waals surface area contributed by atoms with Gasteiger partial charge in [-0.3, -0.25) is 72.6 Å². The van der Waals surface area contributed by atoms with Crippen LogP contribution in [0.2, 0.25) is 0 Å². The third-order valence-electron chi connectivity index (χ3n) is 27.2. The van der Waals surface area contributed by atoms with Crippen LogP contribution in [0, 0.1) is 17.8 Å². The van der Waals surface area contributed by atoms with Crippen molar-refractivity contribution in [3.05, 3.63) is 190 Å². The standard InChI is InChI=1S/C102H137N15O18/c1-65(2)28-36-112-57-72(106-94(122)71-22-25-81-80(48-71)101(129)135-102(81)82-26-23-78(118)55-90(82)134-91-56-79(119)24-27-83(91)102)50-85(112)96(124)110-76-53-88(116(61-76)40-32-69-18-12-8-13-19-69)99(127)109-75-52-87(114(59-75)38-30-67(5)6)98(126)111-77-54-89(117(62-77)41-33-70-20-14-9-15-21-70)100(128)108-74-51-86(113(58-74)37-29-66(3)4)97(125)107-73-49-84(115(60-73)39-31-68-16-10-7-11-17-68)95(123)105-35-43-131-45-47-133-64-93(121)104-34-42-130-44-46-132-63-92(103)120/h7-27,48,55-56,65-67,72-77,84-89,118-119H,28-47,49-54,57-64H2,1-6H3,(H2,103,120)(H,104,121)(H,105,123)(H,106,122)(H,107,125)(H,108,128)(H,109,127)(H,110,124)(H,111,126)/t72-,73-,74-,75-,76-,77-,84-,85-,86-,87-,88-,89-/m0/s1. The molecule has 1 spiro atoms. The van der Waals surface area contributed by atoms with Crippen molar-refractivity contribution in [1.82, 2.24) is 71.9 Å². The number of nitrogens with two attached hydrogens (primary N) is 1. The summed E-state index contributed by atoms with van der Waals surface area (Å²) in [4.78, 5) is 154. The van der Waals surface area contributed by atoms with Gasteiger partial charge in [0, 0.05) is 143 Å². The predicted octanol–water partition coefficient (Wildman–Crippen LogP) is 5.28. The zero-order valence-electron chi connectivity index (χ0n) is 78.7. The molecule has 0 bridgehead atoms. The Balaban J connectivity index is 0.588. The molecule has 0 saturated carbocycles. The summed E-state index contributed by atoms with van der Waals surface area (Å²) >= 11 is 0. The molecule has 0 radical (unpaired) electrons. The van der Waals surface area contributed by atoms with Crippen LogP contribution in [0.15, 0.2) is 146 Å². The van der Waals surface area contributed by atoms with Crippen molar-refractivity contribution in [3.8, 4) is 23.0 Å². The number of aromatic hydroxyl groups is 2. The van der Waals surface area contributed by atoms with E-state index in [9.17, 15) is 39.0 Å². The van der Waals surface area contributed by atoms with Gasteiger partial charge in [-0.2, -0.15) is 0 Å². The van der Waals surface area contributed by atoms with Crippen LogP contribution >= 0.6 is 0 Å². The number of esters is 1. The molecular formula is C102H137N15O18. The highest BCUT2D eigenvalue weighted by molar-refractivity contribution is 6.02. The van der Waals surface area contributed by atoms with Gasteiger partial charge in [0.05, 0.1) is 81.5 Å². The molecule has 6 saturated heterocycles.